The van der Waals surface area contributed by atoms with Gasteiger partial charge in [0, 0.05) is 0 Å². The lowest BCUT2D eigenvalue weighted by molar-refractivity contribution is 0.414. The molecule has 0 saturated heterocycles. The average Bonchev–Trinajstić information content (AvgIpc) is 2.15. The van der Waals surface area contributed by atoms with Gasteiger partial charge in [-0.05, 0) is 30.2 Å². The molecule has 1 aromatic rings. The molecule has 0 atom stereocenters. The van der Waals surface area contributed by atoms with E-state index in [9.17, 15) is 0 Å². The van der Waals surface area contributed by atoms with Crippen LogP contribution in [-0.4, -0.2) is 7.11 Å². The third kappa shape index (κ3) is 2.42. The van der Waals surface area contributed by atoms with Gasteiger partial charge in [-0.3, -0.25) is 0 Å². The minimum atomic E-state index is 0.879. The first kappa shape index (κ1) is 8.85. The molecular weight excluding hydrogens is 148 g/mol. The first-order valence-corrected chi connectivity index (χ1v) is 4.09. The third-order valence-corrected chi connectivity index (χ3v) is 1.54. The maximum atomic E-state index is 5.08. The Morgan fingerprint density at radius 1 is 1.50 bits per heavy atom. The second-order valence-electron chi connectivity index (χ2n) is 2.49. The van der Waals surface area contributed by atoms with Crippen LogP contribution < -0.4 is 4.74 Å². The first-order valence-electron chi connectivity index (χ1n) is 4.09. The zero-order valence-corrected chi connectivity index (χ0v) is 7.50. The van der Waals surface area contributed by atoms with Crippen molar-refractivity contribution in [3.63, 3.8) is 0 Å². The highest BCUT2D eigenvalue weighted by Gasteiger charge is 1.90. The summed E-state index contributed by atoms with van der Waals surface area (Å²) >= 11 is 0. The van der Waals surface area contributed by atoms with Crippen LogP contribution in [0, 0.1) is 6.08 Å². The minimum Gasteiger partial charge on any atom is -0.497 e. The molecule has 1 radical (unpaired) electrons. The van der Waals surface area contributed by atoms with Crippen LogP contribution in [0.1, 0.15) is 18.9 Å². The Balaban J connectivity index is 2.79. The van der Waals surface area contributed by atoms with Crippen molar-refractivity contribution in [1.29, 1.82) is 0 Å². The number of ether oxygens (including phenoxy) is 1. The van der Waals surface area contributed by atoms with Crippen LogP contribution in [0.4, 0.5) is 0 Å². The molecule has 12 heavy (non-hydrogen) atoms. The highest BCUT2D eigenvalue weighted by molar-refractivity contribution is 5.31. The molecule has 0 heterocycles. The summed E-state index contributed by atoms with van der Waals surface area (Å²) in [6, 6.07) is 7.86. The van der Waals surface area contributed by atoms with Gasteiger partial charge in [-0.1, -0.05) is 25.1 Å². The van der Waals surface area contributed by atoms with Crippen LogP contribution in [0.15, 0.2) is 30.3 Å². The van der Waals surface area contributed by atoms with E-state index in [2.05, 4.69) is 13.0 Å². The van der Waals surface area contributed by atoms with Crippen LogP contribution in [0.5, 0.6) is 5.75 Å². The molecule has 0 aromatic heterocycles. The topological polar surface area (TPSA) is 9.23 Å². The Kier molecular flexibility index (Phi) is 3.39. The van der Waals surface area contributed by atoms with E-state index in [-0.39, 0.29) is 0 Å². The Morgan fingerprint density at radius 2 is 2.33 bits per heavy atom. The van der Waals surface area contributed by atoms with E-state index in [1.807, 2.05) is 30.3 Å². The predicted molar refractivity (Wildman–Crippen MR) is 50.2 cm³/mol. The molecule has 0 N–H and O–H groups in total. The van der Waals surface area contributed by atoms with E-state index in [0.29, 0.717) is 0 Å². The van der Waals surface area contributed by atoms with Gasteiger partial charge >= 0.3 is 0 Å². The van der Waals surface area contributed by atoms with Gasteiger partial charge in [0.15, 0.2) is 0 Å². The third-order valence-electron chi connectivity index (χ3n) is 1.54. The fourth-order valence-corrected chi connectivity index (χ4v) is 0.933. The molecule has 0 aliphatic carbocycles. The van der Waals surface area contributed by atoms with E-state index < -0.39 is 0 Å². The molecule has 1 nitrogen and oxygen atoms in total. The maximum absolute atomic E-state index is 5.08. The van der Waals surface area contributed by atoms with E-state index in [1.165, 1.54) is 0 Å². The van der Waals surface area contributed by atoms with Crippen LogP contribution >= 0.6 is 0 Å². The molecule has 0 unspecified atom stereocenters. The molecule has 0 fully saturated rings. The van der Waals surface area contributed by atoms with Crippen molar-refractivity contribution < 1.29 is 4.74 Å². The average molecular weight is 161 g/mol. The molecule has 0 bridgehead atoms. The summed E-state index contributed by atoms with van der Waals surface area (Å²) in [6.07, 6.45) is 6.18. The standard InChI is InChI=1S/C11H13O/c1-3-4-6-10-7-5-8-11(9-10)12-2/h4-5,7-9H,3H2,1-2H3. The molecule has 0 aliphatic rings. The van der Waals surface area contributed by atoms with Gasteiger partial charge in [0.05, 0.1) is 7.11 Å². The number of methoxy groups -OCH3 is 1. The van der Waals surface area contributed by atoms with Crippen LogP contribution in [-0.2, 0) is 0 Å². The maximum Gasteiger partial charge on any atom is 0.119 e. The fourth-order valence-electron chi connectivity index (χ4n) is 0.933. The van der Waals surface area contributed by atoms with Crippen LogP contribution in [0.3, 0.4) is 0 Å². The van der Waals surface area contributed by atoms with Crippen molar-refractivity contribution in [2.45, 2.75) is 13.3 Å². The Hall–Kier alpha value is -1.24. The number of benzene rings is 1. The smallest absolute Gasteiger partial charge is 0.119 e. The van der Waals surface area contributed by atoms with E-state index in [1.54, 1.807) is 7.11 Å². The molecule has 1 rings (SSSR count). The number of rotatable bonds is 3. The Labute approximate surface area is 73.7 Å². The van der Waals surface area contributed by atoms with Crippen molar-refractivity contribution in [1.82, 2.24) is 0 Å². The lowest BCUT2D eigenvalue weighted by atomic mass is 10.2. The zero-order chi connectivity index (χ0) is 8.81. The molecule has 63 valence electrons. The van der Waals surface area contributed by atoms with Gasteiger partial charge in [-0.25, -0.2) is 0 Å². The highest BCUT2D eigenvalue weighted by Crippen LogP contribution is 2.12. The summed E-state index contributed by atoms with van der Waals surface area (Å²) in [5.74, 6) is 0.879. The molecule has 1 heteroatoms. The van der Waals surface area contributed by atoms with Crippen LogP contribution in [0.2, 0.25) is 0 Å². The fraction of sp³-hybridized carbons (Fsp3) is 0.273. The van der Waals surface area contributed by atoms with Crippen molar-refractivity contribution in [3.05, 3.63) is 42.0 Å². The predicted octanol–water partition coefficient (Wildman–Crippen LogP) is 2.81. The monoisotopic (exact) mass is 161 g/mol. The highest BCUT2D eigenvalue weighted by atomic mass is 16.5. The second kappa shape index (κ2) is 4.60. The number of hydrogen-bond acceptors (Lipinski definition) is 1. The second-order valence-corrected chi connectivity index (χ2v) is 2.49. The van der Waals surface area contributed by atoms with Gasteiger partial charge in [-0.15, -0.1) is 0 Å². The molecule has 1 aromatic carbocycles. The van der Waals surface area contributed by atoms with E-state index >= 15 is 0 Å². The van der Waals surface area contributed by atoms with E-state index in [0.717, 1.165) is 17.7 Å². The SMILES string of the molecule is CC/C=[C]\c1cccc(OC)c1. The molecule has 0 aliphatic heterocycles. The van der Waals surface area contributed by atoms with Gasteiger partial charge in [-0.2, -0.15) is 0 Å². The summed E-state index contributed by atoms with van der Waals surface area (Å²) in [5, 5.41) is 0. The minimum absolute atomic E-state index is 0.879. The molecule has 0 spiro atoms. The van der Waals surface area contributed by atoms with Crippen LogP contribution in [0.25, 0.3) is 0 Å². The van der Waals surface area contributed by atoms with E-state index in [4.69, 9.17) is 4.74 Å². The lowest BCUT2D eigenvalue weighted by Crippen LogP contribution is -1.82. The van der Waals surface area contributed by atoms with Gasteiger partial charge in [0.1, 0.15) is 5.75 Å². The molecule has 0 amide bonds. The molecule has 0 saturated carbocycles. The van der Waals surface area contributed by atoms with Crippen molar-refractivity contribution in [2.24, 2.45) is 0 Å². The molecular formula is C11H13O. The summed E-state index contributed by atoms with van der Waals surface area (Å²) < 4.78 is 5.08. The lowest BCUT2D eigenvalue weighted by Gasteiger charge is -1.98. The Bertz CT molecular complexity index is 263. The van der Waals surface area contributed by atoms with Gasteiger partial charge in [0.25, 0.3) is 0 Å². The van der Waals surface area contributed by atoms with Gasteiger partial charge < -0.3 is 4.74 Å². The first-order chi connectivity index (χ1) is 5.86. The number of allylic oxidation sites excluding steroid dienone is 1. The van der Waals surface area contributed by atoms with Crippen molar-refractivity contribution in [2.75, 3.05) is 7.11 Å². The van der Waals surface area contributed by atoms with Crippen molar-refractivity contribution >= 4 is 0 Å². The normalized spacial score (nSPS) is 10.5. The largest absolute Gasteiger partial charge is 0.497 e. The summed E-state index contributed by atoms with van der Waals surface area (Å²) in [5.41, 5.74) is 1.07. The summed E-state index contributed by atoms with van der Waals surface area (Å²) in [4.78, 5) is 0. The summed E-state index contributed by atoms with van der Waals surface area (Å²) in [7, 11) is 1.67. The quantitative estimate of drug-likeness (QED) is 0.662. The van der Waals surface area contributed by atoms with Crippen molar-refractivity contribution in [3.8, 4) is 5.75 Å². The van der Waals surface area contributed by atoms with Gasteiger partial charge in [0.2, 0.25) is 0 Å². The Morgan fingerprint density at radius 3 is 3.00 bits per heavy atom. The zero-order valence-electron chi connectivity index (χ0n) is 7.50. The number of hydrogen-bond donors (Lipinski definition) is 0. The summed E-state index contributed by atoms with van der Waals surface area (Å²) in [6.45, 7) is 2.09.